The van der Waals surface area contributed by atoms with E-state index < -0.39 is 20.9 Å². The van der Waals surface area contributed by atoms with Crippen LogP contribution in [0.3, 0.4) is 0 Å². The van der Waals surface area contributed by atoms with Crippen molar-refractivity contribution in [1.82, 2.24) is 0 Å². The van der Waals surface area contributed by atoms with E-state index in [9.17, 15) is 13.2 Å². The van der Waals surface area contributed by atoms with Gasteiger partial charge in [0.2, 0.25) is 0 Å². The Morgan fingerprint density at radius 2 is 1.70 bits per heavy atom. The third kappa shape index (κ3) is 8.66. The normalized spacial score (nSPS) is 15.8. The van der Waals surface area contributed by atoms with Gasteiger partial charge >= 0.3 is 6.18 Å². The number of rotatable bonds is 7. The quantitative estimate of drug-likeness (QED) is 0.260. The molecule has 0 fully saturated rings. The highest BCUT2D eigenvalue weighted by Gasteiger charge is 2.38. The second kappa shape index (κ2) is 8.17. The minimum atomic E-state index is -4.05. The van der Waals surface area contributed by atoms with E-state index in [0.717, 1.165) is 0 Å². The summed E-state index contributed by atoms with van der Waals surface area (Å²) in [6.07, 6.45) is -1.49. The first-order valence-electron chi connectivity index (χ1n) is 6.90. The van der Waals surface area contributed by atoms with Gasteiger partial charge in [-0.25, -0.2) is 0 Å². The van der Waals surface area contributed by atoms with Crippen molar-refractivity contribution in [3.8, 4) is 0 Å². The largest absolute Gasteiger partial charge is 0.411 e. The van der Waals surface area contributed by atoms with Crippen molar-refractivity contribution in [2.45, 2.75) is 76.9 Å². The first-order valence-corrected chi connectivity index (χ1v) is 11.1. The minimum Gasteiger partial charge on any atom is -0.411 e. The number of unbranched alkanes of at least 4 members (excludes halogenated alkanes) is 1. The molecule has 0 amide bonds. The first-order chi connectivity index (χ1) is 8.89. The van der Waals surface area contributed by atoms with E-state index in [0.29, 0.717) is 12.8 Å². The maximum absolute atomic E-state index is 12.1. The van der Waals surface area contributed by atoms with Crippen LogP contribution in [0.4, 0.5) is 13.2 Å². The van der Waals surface area contributed by atoms with Gasteiger partial charge in [0, 0.05) is 6.42 Å². The van der Waals surface area contributed by atoms with E-state index in [2.05, 4.69) is 56.5 Å². The average molecular weight is 422 g/mol. The molecule has 0 N–H and O–H groups in total. The summed E-state index contributed by atoms with van der Waals surface area (Å²) in [4.78, 5) is 0. The highest BCUT2D eigenvalue weighted by atomic mass is 127. The Labute approximate surface area is 135 Å². The van der Waals surface area contributed by atoms with E-state index in [1.54, 1.807) is 0 Å². The van der Waals surface area contributed by atoms with Gasteiger partial charge in [0.05, 0.1) is 6.10 Å². The molecule has 0 bridgehead atoms. The smallest absolute Gasteiger partial charge is 0.389 e. The second-order valence-electron chi connectivity index (χ2n) is 6.60. The molecule has 1 nitrogen and oxygen atoms in total. The summed E-state index contributed by atoms with van der Waals surface area (Å²) in [6, 6.07) is 0. The zero-order chi connectivity index (χ0) is 16.0. The molecule has 6 heteroatoms. The predicted molar refractivity (Wildman–Crippen MR) is 89.8 cm³/mol. The topological polar surface area (TPSA) is 9.23 Å². The molecule has 0 heterocycles. The standard InChI is InChI=1S/C14H26F3IOSi/c1-13(2,3)20(4,5)19-12(9-11-18)8-6-7-10-14(15,16)17/h9,11-12H,6-8,10H2,1-5H3/b11-9+. The number of hydrogen-bond acceptors (Lipinski definition) is 1. The Bertz CT molecular complexity index is 309. The van der Waals surface area contributed by atoms with Crippen LogP contribution in [0.15, 0.2) is 10.2 Å². The summed E-state index contributed by atoms with van der Waals surface area (Å²) in [5.41, 5.74) is 0. The predicted octanol–water partition coefficient (Wildman–Crippen LogP) is 6.45. The first kappa shape index (κ1) is 20.4. The lowest BCUT2D eigenvalue weighted by atomic mass is 10.1. The Balaban J connectivity index is 4.39. The van der Waals surface area contributed by atoms with Gasteiger partial charge in [-0.3, -0.25) is 0 Å². The summed E-state index contributed by atoms with van der Waals surface area (Å²) in [5, 5.41) is 0.107. The van der Waals surface area contributed by atoms with Crippen LogP contribution in [0.25, 0.3) is 0 Å². The summed E-state index contributed by atoms with van der Waals surface area (Å²) in [6.45, 7) is 10.8. The van der Waals surface area contributed by atoms with Crippen molar-refractivity contribution in [1.29, 1.82) is 0 Å². The molecule has 120 valence electrons. The van der Waals surface area contributed by atoms with Crippen molar-refractivity contribution < 1.29 is 17.6 Å². The molecule has 1 unspecified atom stereocenters. The van der Waals surface area contributed by atoms with Crippen LogP contribution in [0.1, 0.15) is 46.5 Å². The lowest BCUT2D eigenvalue weighted by Gasteiger charge is -2.38. The van der Waals surface area contributed by atoms with Gasteiger partial charge < -0.3 is 4.43 Å². The zero-order valence-electron chi connectivity index (χ0n) is 13.0. The molecule has 0 aliphatic heterocycles. The monoisotopic (exact) mass is 422 g/mol. The molecule has 0 rings (SSSR count). The van der Waals surface area contributed by atoms with Crippen molar-refractivity contribution in [2.24, 2.45) is 0 Å². The Kier molecular flexibility index (Phi) is 8.35. The van der Waals surface area contributed by atoms with Crippen molar-refractivity contribution in [3.63, 3.8) is 0 Å². The van der Waals surface area contributed by atoms with Gasteiger partial charge in [0.15, 0.2) is 8.32 Å². The van der Waals surface area contributed by atoms with E-state index in [-0.39, 0.29) is 17.6 Å². The molecular formula is C14H26F3IOSi. The highest BCUT2D eigenvalue weighted by molar-refractivity contribution is 14.1. The van der Waals surface area contributed by atoms with Gasteiger partial charge in [-0.05, 0) is 35.1 Å². The zero-order valence-corrected chi connectivity index (χ0v) is 16.1. The van der Waals surface area contributed by atoms with Crippen LogP contribution in [0.5, 0.6) is 0 Å². The van der Waals surface area contributed by atoms with Crippen LogP contribution in [-0.4, -0.2) is 20.6 Å². The third-order valence-corrected chi connectivity index (χ3v) is 8.66. The Morgan fingerprint density at radius 3 is 2.10 bits per heavy atom. The molecule has 0 aromatic rings. The van der Waals surface area contributed by atoms with Crippen molar-refractivity contribution >= 4 is 30.9 Å². The number of halogens is 4. The summed E-state index contributed by atoms with van der Waals surface area (Å²) in [5.74, 6) is 0. The van der Waals surface area contributed by atoms with Crippen LogP contribution >= 0.6 is 22.6 Å². The fraction of sp³-hybridized carbons (Fsp3) is 0.857. The van der Waals surface area contributed by atoms with Gasteiger partial charge in [-0.15, -0.1) is 0 Å². The lowest BCUT2D eigenvalue weighted by Crippen LogP contribution is -2.43. The molecule has 20 heavy (non-hydrogen) atoms. The third-order valence-electron chi connectivity index (χ3n) is 3.74. The fourth-order valence-corrected chi connectivity index (χ4v) is 3.27. The molecule has 0 radical (unpaired) electrons. The van der Waals surface area contributed by atoms with Gasteiger partial charge in [0.25, 0.3) is 0 Å². The number of hydrogen-bond donors (Lipinski definition) is 0. The molecule has 0 spiro atoms. The Hall–Kier alpha value is 0.437. The second-order valence-corrected chi connectivity index (χ2v) is 12.1. The summed E-state index contributed by atoms with van der Waals surface area (Å²) >= 11 is 2.12. The molecule has 0 saturated carbocycles. The molecule has 0 aliphatic carbocycles. The lowest BCUT2D eigenvalue weighted by molar-refractivity contribution is -0.135. The van der Waals surface area contributed by atoms with Crippen LogP contribution in [0, 0.1) is 0 Å². The van der Waals surface area contributed by atoms with E-state index in [1.165, 1.54) is 0 Å². The Morgan fingerprint density at radius 1 is 1.15 bits per heavy atom. The van der Waals surface area contributed by atoms with Crippen LogP contribution in [0.2, 0.25) is 18.1 Å². The summed E-state index contributed by atoms with van der Waals surface area (Å²) < 4.78 is 44.5. The molecule has 0 aliphatic rings. The van der Waals surface area contributed by atoms with Gasteiger partial charge in [-0.1, -0.05) is 55.9 Å². The maximum Gasteiger partial charge on any atom is 0.389 e. The van der Waals surface area contributed by atoms with E-state index in [1.807, 2.05) is 10.2 Å². The van der Waals surface area contributed by atoms with Crippen LogP contribution in [-0.2, 0) is 4.43 Å². The maximum atomic E-state index is 12.1. The molecular weight excluding hydrogens is 396 g/mol. The summed E-state index contributed by atoms with van der Waals surface area (Å²) in [7, 11) is -1.88. The van der Waals surface area contributed by atoms with Gasteiger partial charge in [-0.2, -0.15) is 13.2 Å². The molecule has 0 aromatic carbocycles. The molecule has 1 atom stereocenters. The number of alkyl halides is 3. The average Bonchev–Trinajstić information content (AvgIpc) is 2.21. The van der Waals surface area contributed by atoms with Crippen molar-refractivity contribution in [3.05, 3.63) is 10.2 Å². The van der Waals surface area contributed by atoms with Crippen molar-refractivity contribution in [2.75, 3.05) is 0 Å². The molecule has 0 aromatic heterocycles. The van der Waals surface area contributed by atoms with Crippen LogP contribution < -0.4 is 0 Å². The molecule has 0 saturated heterocycles. The highest BCUT2D eigenvalue weighted by Crippen LogP contribution is 2.38. The van der Waals surface area contributed by atoms with E-state index in [4.69, 9.17) is 4.43 Å². The van der Waals surface area contributed by atoms with Gasteiger partial charge in [0.1, 0.15) is 0 Å². The minimum absolute atomic E-state index is 0.0685. The SMILES string of the molecule is CC(C)(C)[Si](C)(C)OC(/C=C/I)CCCCC(F)(F)F. The van der Waals surface area contributed by atoms with E-state index >= 15 is 0 Å². The fourth-order valence-electron chi connectivity index (χ4n) is 1.50.